The lowest BCUT2D eigenvalue weighted by atomic mass is 9.98. The van der Waals surface area contributed by atoms with E-state index < -0.39 is 0 Å². The van der Waals surface area contributed by atoms with Crippen molar-refractivity contribution in [3.63, 3.8) is 0 Å². The van der Waals surface area contributed by atoms with E-state index in [2.05, 4.69) is 11.8 Å². The van der Waals surface area contributed by atoms with E-state index in [0.29, 0.717) is 12.5 Å². The van der Waals surface area contributed by atoms with Gasteiger partial charge in [-0.25, -0.2) is 0 Å². The van der Waals surface area contributed by atoms with E-state index in [-0.39, 0.29) is 0 Å². The van der Waals surface area contributed by atoms with E-state index in [1.165, 1.54) is 38.6 Å². The maximum Gasteiger partial charge on any atom is 0.0602 e. The molecule has 15 heavy (non-hydrogen) atoms. The number of hydrogen-bond donors (Lipinski definition) is 0. The number of likely N-dealkylation sites (tertiary alicyclic amines) is 1. The average Bonchev–Trinajstić information content (AvgIpc) is 2.27. The molecule has 0 N–H and O–H groups in total. The molecule has 0 aliphatic carbocycles. The third kappa shape index (κ3) is 5.19. The van der Waals surface area contributed by atoms with Crippen LogP contribution in [0.25, 0.3) is 0 Å². The summed E-state index contributed by atoms with van der Waals surface area (Å²) in [4.78, 5) is 2.60. The predicted octanol–water partition coefficient (Wildman–Crippen LogP) is 2.90. The van der Waals surface area contributed by atoms with Gasteiger partial charge in [0.15, 0.2) is 0 Å². The van der Waals surface area contributed by atoms with Crippen molar-refractivity contribution in [1.29, 1.82) is 0 Å². The highest BCUT2D eigenvalue weighted by molar-refractivity contribution is 6.17. The molecule has 0 bridgehead atoms. The van der Waals surface area contributed by atoms with Gasteiger partial charge in [0, 0.05) is 18.5 Å². The first-order chi connectivity index (χ1) is 7.38. The minimum atomic E-state index is 0.610. The Kier molecular flexibility index (Phi) is 7.41. The van der Waals surface area contributed by atoms with Crippen LogP contribution >= 0.6 is 11.6 Å². The van der Waals surface area contributed by atoms with Gasteiger partial charge in [-0.05, 0) is 25.8 Å². The molecular formula is C12H24ClNO. The molecule has 1 rings (SSSR count). The van der Waals surface area contributed by atoms with Crippen molar-refractivity contribution in [3.8, 4) is 0 Å². The van der Waals surface area contributed by atoms with Gasteiger partial charge in [-0.3, -0.25) is 4.90 Å². The number of rotatable bonds is 7. The fourth-order valence-electron chi connectivity index (χ4n) is 2.35. The second-order valence-corrected chi connectivity index (χ2v) is 4.65. The Hall–Kier alpha value is 0.210. The summed E-state index contributed by atoms with van der Waals surface area (Å²) in [5.41, 5.74) is 0. The molecule has 0 aromatic rings. The fraction of sp³-hybridized carbons (Fsp3) is 1.00. The monoisotopic (exact) mass is 233 g/mol. The average molecular weight is 234 g/mol. The first kappa shape index (κ1) is 13.3. The quantitative estimate of drug-likeness (QED) is 0.495. The van der Waals surface area contributed by atoms with Crippen molar-refractivity contribution in [2.75, 3.05) is 32.2 Å². The smallest absolute Gasteiger partial charge is 0.0602 e. The molecule has 0 amide bonds. The molecule has 0 spiro atoms. The van der Waals surface area contributed by atoms with Gasteiger partial charge in [-0.2, -0.15) is 0 Å². The summed E-state index contributed by atoms with van der Waals surface area (Å²) >= 11 is 5.56. The van der Waals surface area contributed by atoms with Crippen molar-refractivity contribution in [3.05, 3.63) is 0 Å². The molecule has 1 unspecified atom stereocenters. The van der Waals surface area contributed by atoms with Crippen LogP contribution in [0.5, 0.6) is 0 Å². The number of nitrogens with zero attached hydrogens (tertiary/aromatic N) is 1. The molecule has 1 aliphatic rings. The summed E-state index contributed by atoms with van der Waals surface area (Å²) in [6.07, 6.45) is 6.78. The zero-order valence-electron chi connectivity index (χ0n) is 9.88. The molecule has 1 heterocycles. The zero-order valence-corrected chi connectivity index (χ0v) is 10.6. The lowest BCUT2D eigenvalue weighted by Gasteiger charge is -2.35. The Labute approximate surface area is 98.9 Å². The lowest BCUT2D eigenvalue weighted by molar-refractivity contribution is 0.0749. The molecule has 1 atom stereocenters. The Morgan fingerprint density at radius 3 is 2.93 bits per heavy atom. The van der Waals surface area contributed by atoms with Gasteiger partial charge in [0.2, 0.25) is 0 Å². The molecule has 3 heteroatoms. The van der Waals surface area contributed by atoms with Crippen molar-refractivity contribution in [2.45, 2.75) is 45.1 Å². The Bertz CT molecular complexity index is 153. The van der Waals surface area contributed by atoms with Crippen molar-refractivity contribution in [2.24, 2.45) is 0 Å². The molecule has 0 aromatic carbocycles. The number of alkyl halides is 1. The SMILES string of the molecule is CCCC1CCCCN1CCOCCCl. The van der Waals surface area contributed by atoms with Gasteiger partial charge in [0.05, 0.1) is 13.2 Å². The summed E-state index contributed by atoms with van der Waals surface area (Å²) in [5, 5.41) is 0. The molecule has 0 radical (unpaired) electrons. The summed E-state index contributed by atoms with van der Waals surface area (Å²) < 4.78 is 5.44. The maximum absolute atomic E-state index is 5.56. The van der Waals surface area contributed by atoms with Crippen LogP contribution in [0.1, 0.15) is 39.0 Å². The van der Waals surface area contributed by atoms with Crippen LogP contribution in [0.2, 0.25) is 0 Å². The lowest BCUT2D eigenvalue weighted by Crippen LogP contribution is -2.41. The number of ether oxygens (including phenoxy) is 1. The summed E-state index contributed by atoms with van der Waals surface area (Å²) in [6.45, 7) is 6.15. The zero-order chi connectivity index (χ0) is 10.9. The summed E-state index contributed by atoms with van der Waals surface area (Å²) in [5.74, 6) is 0.610. The minimum absolute atomic E-state index is 0.610. The number of halogens is 1. The molecule has 1 fully saturated rings. The minimum Gasteiger partial charge on any atom is -0.379 e. The van der Waals surface area contributed by atoms with Crippen LogP contribution in [0.4, 0.5) is 0 Å². The van der Waals surface area contributed by atoms with Crippen molar-refractivity contribution in [1.82, 2.24) is 4.90 Å². The highest BCUT2D eigenvalue weighted by atomic mass is 35.5. The number of hydrogen-bond acceptors (Lipinski definition) is 2. The van der Waals surface area contributed by atoms with E-state index in [4.69, 9.17) is 16.3 Å². The largest absolute Gasteiger partial charge is 0.379 e. The van der Waals surface area contributed by atoms with Crippen LogP contribution in [-0.2, 0) is 4.74 Å². The Morgan fingerprint density at radius 2 is 2.20 bits per heavy atom. The Morgan fingerprint density at radius 1 is 1.33 bits per heavy atom. The van der Waals surface area contributed by atoms with E-state index in [9.17, 15) is 0 Å². The van der Waals surface area contributed by atoms with Gasteiger partial charge in [0.1, 0.15) is 0 Å². The highest BCUT2D eigenvalue weighted by Crippen LogP contribution is 2.20. The molecule has 90 valence electrons. The van der Waals surface area contributed by atoms with Crippen LogP contribution in [0.3, 0.4) is 0 Å². The molecule has 0 saturated carbocycles. The first-order valence-electron chi connectivity index (χ1n) is 6.26. The number of piperidine rings is 1. The van der Waals surface area contributed by atoms with Crippen LogP contribution in [0, 0.1) is 0 Å². The van der Waals surface area contributed by atoms with Crippen molar-refractivity contribution < 1.29 is 4.74 Å². The van der Waals surface area contributed by atoms with Crippen LogP contribution < -0.4 is 0 Å². The van der Waals surface area contributed by atoms with Gasteiger partial charge in [0.25, 0.3) is 0 Å². The molecular weight excluding hydrogens is 210 g/mol. The third-order valence-corrected chi connectivity index (χ3v) is 3.27. The van der Waals surface area contributed by atoms with E-state index in [0.717, 1.165) is 19.2 Å². The maximum atomic E-state index is 5.56. The van der Waals surface area contributed by atoms with Gasteiger partial charge in [-0.15, -0.1) is 11.6 Å². The first-order valence-corrected chi connectivity index (χ1v) is 6.79. The molecule has 0 aromatic heterocycles. The van der Waals surface area contributed by atoms with E-state index in [1.54, 1.807) is 0 Å². The van der Waals surface area contributed by atoms with Gasteiger partial charge in [-0.1, -0.05) is 19.8 Å². The predicted molar refractivity (Wildman–Crippen MR) is 65.7 cm³/mol. The fourth-order valence-corrected chi connectivity index (χ4v) is 2.46. The summed E-state index contributed by atoms with van der Waals surface area (Å²) in [6, 6.07) is 0.809. The normalized spacial score (nSPS) is 23.2. The Balaban J connectivity index is 2.17. The van der Waals surface area contributed by atoms with Crippen LogP contribution in [0.15, 0.2) is 0 Å². The standard InChI is InChI=1S/C12H24ClNO/c1-2-5-12-6-3-4-8-14(12)9-11-15-10-7-13/h12H,2-11H2,1H3. The van der Waals surface area contributed by atoms with Crippen molar-refractivity contribution >= 4 is 11.6 Å². The van der Waals surface area contributed by atoms with E-state index in [1.807, 2.05) is 0 Å². The summed E-state index contributed by atoms with van der Waals surface area (Å²) in [7, 11) is 0. The molecule has 1 saturated heterocycles. The molecule has 1 aliphatic heterocycles. The second-order valence-electron chi connectivity index (χ2n) is 4.28. The highest BCUT2D eigenvalue weighted by Gasteiger charge is 2.20. The van der Waals surface area contributed by atoms with Gasteiger partial charge >= 0.3 is 0 Å². The van der Waals surface area contributed by atoms with Gasteiger partial charge < -0.3 is 4.74 Å². The van der Waals surface area contributed by atoms with Crippen LogP contribution in [-0.4, -0.2) is 43.1 Å². The topological polar surface area (TPSA) is 12.5 Å². The second kappa shape index (κ2) is 8.37. The van der Waals surface area contributed by atoms with E-state index >= 15 is 0 Å². The molecule has 2 nitrogen and oxygen atoms in total. The third-order valence-electron chi connectivity index (χ3n) is 3.12.